The molecule has 1 N–H and O–H groups in total. The Balaban J connectivity index is 1.97. The molecule has 3 heteroatoms. The van der Waals surface area contributed by atoms with Crippen LogP contribution in [0.4, 0.5) is 0 Å². The summed E-state index contributed by atoms with van der Waals surface area (Å²) in [6, 6.07) is 0. The molecule has 1 saturated carbocycles. The van der Waals surface area contributed by atoms with Crippen LogP contribution >= 0.6 is 0 Å². The van der Waals surface area contributed by atoms with E-state index in [1.54, 1.807) is 7.11 Å². The number of nitrogens with zero attached hydrogens (tertiary/aromatic N) is 1. The number of hydrogen-bond donors (Lipinski definition) is 1. The second-order valence-corrected chi connectivity index (χ2v) is 4.10. The van der Waals surface area contributed by atoms with E-state index in [9.17, 15) is 5.11 Å². The van der Waals surface area contributed by atoms with Gasteiger partial charge in [0.2, 0.25) is 0 Å². The average molecular weight is 187 g/mol. The maximum Gasteiger partial charge on any atom is 0.0899 e. The molecule has 78 valence electrons. The van der Waals surface area contributed by atoms with Crippen molar-refractivity contribution in [2.45, 2.75) is 25.4 Å². The van der Waals surface area contributed by atoms with Crippen LogP contribution in [0.1, 0.15) is 19.3 Å². The predicted molar refractivity (Wildman–Crippen MR) is 52.7 cm³/mol. The molecule has 0 radical (unpaired) electrons. The van der Waals surface area contributed by atoms with E-state index in [0.29, 0.717) is 6.61 Å². The van der Waals surface area contributed by atoms with Crippen molar-refractivity contribution >= 4 is 0 Å². The zero-order chi connectivity index (χ0) is 9.68. The first-order valence-electron chi connectivity index (χ1n) is 5.08. The second kappa shape index (κ2) is 5.58. The van der Waals surface area contributed by atoms with Crippen LogP contribution in [0.15, 0.2) is 0 Å². The van der Waals surface area contributed by atoms with Gasteiger partial charge in [-0.15, -0.1) is 0 Å². The Kier molecular flexibility index (Phi) is 4.70. The summed E-state index contributed by atoms with van der Waals surface area (Å²) in [5.74, 6) is 0.974. The molecule has 0 aromatic heterocycles. The van der Waals surface area contributed by atoms with Gasteiger partial charge in [0.25, 0.3) is 0 Å². The van der Waals surface area contributed by atoms with Crippen molar-refractivity contribution in [3.8, 4) is 0 Å². The molecule has 0 saturated heterocycles. The molecule has 1 aliphatic carbocycles. The summed E-state index contributed by atoms with van der Waals surface area (Å²) in [4.78, 5) is 2.18. The van der Waals surface area contributed by atoms with Crippen molar-refractivity contribution in [3.05, 3.63) is 0 Å². The quantitative estimate of drug-likeness (QED) is 0.637. The lowest BCUT2D eigenvalue weighted by Crippen LogP contribution is -2.32. The van der Waals surface area contributed by atoms with E-state index < -0.39 is 0 Å². The molecule has 1 atom stereocenters. The summed E-state index contributed by atoms with van der Waals surface area (Å²) in [7, 11) is 3.68. The third-order valence-corrected chi connectivity index (χ3v) is 2.50. The molecule has 0 aliphatic heterocycles. The molecular formula is C10H21NO2. The van der Waals surface area contributed by atoms with Crippen LogP contribution in [0.2, 0.25) is 0 Å². The van der Waals surface area contributed by atoms with E-state index in [1.165, 1.54) is 19.3 Å². The Morgan fingerprint density at radius 2 is 2.23 bits per heavy atom. The summed E-state index contributed by atoms with van der Waals surface area (Å²) in [5.41, 5.74) is 0. The lowest BCUT2D eigenvalue weighted by Gasteiger charge is -2.19. The third kappa shape index (κ3) is 5.24. The van der Waals surface area contributed by atoms with Crippen molar-refractivity contribution in [2.75, 3.05) is 33.9 Å². The Bertz CT molecular complexity index is 137. The van der Waals surface area contributed by atoms with Crippen LogP contribution in [-0.4, -0.2) is 50.0 Å². The van der Waals surface area contributed by atoms with Gasteiger partial charge in [-0.1, -0.05) is 12.8 Å². The van der Waals surface area contributed by atoms with Gasteiger partial charge in [0.1, 0.15) is 0 Å². The first-order chi connectivity index (χ1) is 6.22. The molecule has 0 amide bonds. The Hall–Kier alpha value is -0.120. The van der Waals surface area contributed by atoms with Crippen molar-refractivity contribution in [2.24, 2.45) is 5.92 Å². The molecule has 0 aromatic carbocycles. The number of ether oxygens (including phenoxy) is 1. The maximum atomic E-state index is 9.43. The summed E-state index contributed by atoms with van der Waals surface area (Å²) in [5, 5.41) is 9.43. The Morgan fingerprint density at radius 3 is 2.77 bits per heavy atom. The monoisotopic (exact) mass is 187 g/mol. The SMILES string of the molecule is COCC(O)CN(C)CCC1CC1. The molecule has 1 aliphatic rings. The normalized spacial score (nSPS) is 19.4. The van der Waals surface area contributed by atoms with E-state index in [0.717, 1.165) is 19.0 Å². The third-order valence-electron chi connectivity index (χ3n) is 2.50. The predicted octanol–water partition coefficient (Wildman–Crippen LogP) is 0.726. The number of methoxy groups -OCH3 is 1. The highest BCUT2D eigenvalue weighted by atomic mass is 16.5. The van der Waals surface area contributed by atoms with Crippen molar-refractivity contribution in [1.82, 2.24) is 4.90 Å². The molecule has 3 nitrogen and oxygen atoms in total. The Labute approximate surface area is 80.7 Å². The van der Waals surface area contributed by atoms with E-state index in [4.69, 9.17) is 4.74 Å². The van der Waals surface area contributed by atoms with Gasteiger partial charge in [0.05, 0.1) is 12.7 Å². The van der Waals surface area contributed by atoms with E-state index in [1.807, 2.05) is 0 Å². The largest absolute Gasteiger partial charge is 0.389 e. The molecule has 1 fully saturated rings. The second-order valence-electron chi connectivity index (χ2n) is 4.10. The first-order valence-corrected chi connectivity index (χ1v) is 5.08. The standard InChI is InChI=1S/C10H21NO2/c1-11(6-5-9-3-4-9)7-10(12)8-13-2/h9-10,12H,3-8H2,1-2H3. The Morgan fingerprint density at radius 1 is 1.54 bits per heavy atom. The van der Waals surface area contributed by atoms with Gasteiger partial charge in [-0.3, -0.25) is 0 Å². The molecule has 0 spiro atoms. The number of rotatable bonds is 7. The van der Waals surface area contributed by atoms with E-state index >= 15 is 0 Å². The lowest BCUT2D eigenvalue weighted by atomic mass is 10.2. The summed E-state index contributed by atoms with van der Waals surface area (Å²) >= 11 is 0. The molecule has 13 heavy (non-hydrogen) atoms. The molecule has 1 rings (SSSR count). The van der Waals surface area contributed by atoms with Gasteiger partial charge in [-0.2, -0.15) is 0 Å². The van der Waals surface area contributed by atoms with Gasteiger partial charge in [-0.05, 0) is 25.9 Å². The highest BCUT2D eigenvalue weighted by Crippen LogP contribution is 2.32. The zero-order valence-electron chi connectivity index (χ0n) is 8.70. The summed E-state index contributed by atoms with van der Waals surface area (Å²) in [6.07, 6.45) is 3.77. The number of hydrogen-bond acceptors (Lipinski definition) is 3. The number of aliphatic hydroxyl groups excluding tert-OH is 1. The molecular weight excluding hydrogens is 166 g/mol. The number of likely N-dealkylation sites (N-methyl/N-ethyl adjacent to an activating group) is 1. The van der Waals surface area contributed by atoms with Crippen molar-refractivity contribution < 1.29 is 9.84 Å². The van der Waals surface area contributed by atoms with Crippen LogP contribution in [0.3, 0.4) is 0 Å². The lowest BCUT2D eigenvalue weighted by molar-refractivity contribution is 0.0429. The fourth-order valence-corrected chi connectivity index (χ4v) is 1.51. The van der Waals surface area contributed by atoms with Gasteiger partial charge in [0, 0.05) is 13.7 Å². The fourth-order valence-electron chi connectivity index (χ4n) is 1.51. The first kappa shape index (κ1) is 11.0. The van der Waals surface area contributed by atoms with Crippen molar-refractivity contribution in [1.29, 1.82) is 0 Å². The molecule has 0 bridgehead atoms. The average Bonchev–Trinajstić information content (AvgIpc) is 2.84. The molecule has 0 heterocycles. The molecule has 0 aromatic rings. The summed E-state index contributed by atoms with van der Waals surface area (Å²) in [6.45, 7) is 2.26. The topological polar surface area (TPSA) is 32.7 Å². The minimum atomic E-state index is -0.339. The maximum absolute atomic E-state index is 9.43. The van der Waals surface area contributed by atoms with Crippen molar-refractivity contribution in [3.63, 3.8) is 0 Å². The van der Waals surface area contributed by atoms with Crippen LogP contribution < -0.4 is 0 Å². The summed E-state index contributed by atoms with van der Waals surface area (Å²) < 4.78 is 4.87. The smallest absolute Gasteiger partial charge is 0.0899 e. The van der Waals surface area contributed by atoms with Crippen LogP contribution in [0.5, 0.6) is 0 Å². The van der Waals surface area contributed by atoms with Gasteiger partial charge in [0.15, 0.2) is 0 Å². The van der Waals surface area contributed by atoms with E-state index in [-0.39, 0.29) is 6.10 Å². The fraction of sp³-hybridized carbons (Fsp3) is 1.00. The van der Waals surface area contributed by atoms with Gasteiger partial charge in [-0.25, -0.2) is 0 Å². The van der Waals surface area contributed by atoms with Crippen LogP contribution in [0.25, 0.3) is 0 Å². The van der Waals surface area contributed by atoms with Crippen LogP contribution in [0, 0.1) is 5.92 Å². The van der Waals surface area contributed by atoms with Crippen LogP contribution in [-0.2, 0) is 4.74 Å². The minimum Gasteiger partial charge on any atom is -0.389 e. The van der Waals surface area contributed by atoms with Gasteiger partial charge < -0.3 is 14.7 Å². The van der Waals surface area contributed by atoms with Gasteiger partial charge >= 0.3 is 0 Å². The highest BCUT2D eigenvalue weighted by Gasteiger charge is 2.21. The minimum absolute atomic E-state index is 0.339. The highest BCUT2D eigenvalue weighted by molar-refractivity contribution is 4.74. The number of aliphatic hydroxyl groups is 1. The molecule has 1 unspecified atom stereocenters. The zero-order valence-corrected chi connectivity index (χ0v) is 8.70. The van der Waals surface area contributed by atoms with E-state index in [2.05, 4.69) is 11.9 Å².